The van der Waals surface area contributed by atoms with E-state index < -0.39 is 150 Å². The van der Waals surface area contributed by atoms with Gasteiger partial charge < -0.3 is 64.0 Å². The number of hydrogen-bond donors (Lipinski definition) is 6. The van der Waals surface area contributed by atoms with Gasteiger partial charge in [0.2, 0.25) is 0 Å². The topological polar surface area (TPSA) is 280 Å². The quantitative estimate of drug-likeness (QED) is 0.0862. The molecular formula is C52H59NO18. The van der Waals surface area contributed by atoms with Crippen LogP contribution in [0.4, 0.5) is 0 Å². The van der Waals surface area contributed by atoms with Gasteiger partial charge in [-0.25, -0.2) is 9.59 Å². The van der Waals surface area contributed by atoms with Crippen LogP contribution in [0.5, 0.6) is 0 Å². The van der Waals surface area contributed by atoms with Crippen molar-refractivity contribution in [1.82, 2.24) is 5.32 Å². The summed E-state index contributed by atoms with van der Waals surface area (Å²) in [7, 11) is 0. The number of carbonyl (C=O) groups excluding carboxylic acids is 6. The van der Waals surface area contributed by atoms with Gasteiger partial charge in [-0.2, -0.15) is 0 Å². The average molecular weight is 986 g/mol. The Kier molecular flexibility index (Phi) is 14.2. The monoisotopic (exact) mass is 985 g/mol. The van der Waals surface area contributed by atoms with Gasteiger partial charge >= 0.3 is 23.9 Å². The number of aliphatic hydroxyl groups excluding tert-OH is 4. The Balaban J connectivity index is 1.30. The maximum absolute atomic E-state index is 16.2. The molecule has 19 heteroatoms. The van der Waals surface area contributed by atoms with Crippen LogP contribution in [-0.4, -0.2) is 147 Å². The van der Waals surface area contributed by atoms with Crippen LogP contribution >= 0.6 is 0 Å². The van der Waals surface area contributed by atoms with Crippen LogP contribution in [0.15, 0.2) is 102 Å². The molecule has 2 saturated heterocycles. The molecule has 0 spiro atoms. The predicted molar refractivity (Wildman–Crippen MR) is 244 cm³/mol. The third-order valence-electron chi connectivity index (χ3n) is 15.2. The molecule has 1 amide bonds. The van der Waals surface area contributed by atoms with E-state index >= 15 is 4.79 Å². The Labute approximate surface area is 409 Å². The predicted octanol–water partition coefficient (Wildman–Crippen LogP) is 2.20. The summed E-state index contributed by atoms with van der Waals surface area (Å²) in [6, 6.07) is 22.6. The number of nitrogens with one attached hydrogen (secondary N) is 1. The molecule has 2 saturated carbocycles. The molecule has 15 atom stereocenters. The van der Waals surface area contributed by atoms with E-state index in [0.717, 1.165) is 13.8 Å². The number of amides is 1. The van der Waals surface area contributed by atoms with E-state index in [4.69, 9.17) is 33.2 Å². The van der Waals surface area contributed by atoms with Crippen molar-refractivity contribution >= 4 is 35.6 Å². The van der Waals surface area contributed by atoms with Gasteiger partial charge in [-0.1, -0.05) is 80.6 Å². The lowest BCUT2D eigenvalue weighted by Gasteiger charge is -2.68. The Morgan fingerprint density at radius 3 is 1.97 bits per heavy atom. The standard InChI is InChI=1S/C52H59NO18/c1-26-33(68-47(63)39(58)37(29-16-10-7-11-17-29)53-45(61)30-18-12-8-13-19-30)23-52(64)44(70-46(62)31-20-14-9-15-21-31)42-50(6,43(60)41(67-27(2)54)36(26)49(52,4)5)34(22-35-51(42,25-66-35)71-28(3)55)69-48-40(59)38(57)32(56)24-65-48/h7-21,32-35,37-42,44,48,56-59,64H,22-25H2,1-6H3,(H,53,61)/t32-,33+,34+,35-,37+,38+,39-,40-,41-,42+,44+,48-,50-,51+,52-/m1/s1. The zero-order valence-corrected chi connectivity index (χ0v) is 40.0. The van der Waals surface area contributed by atoms with Crippen molar-refractivity contribution in [3.05, 3.63) is 119 Å². The first-order valence-corrected chi connectivity index (χ1v) is 23.4. The van der Waals surface area contributed by atoms with Crippen molar-refractivity contribution in [2.24, 2.45) is 16.7 Å². The third kappa shape index (κ3) is 8.96. The number of ketones is 1. The van der Waals surface area contributed by atoms with Crippen molar-refractivity contribution in [3.63, 3.8) is 0 Å². The molecule has 3 aromatic carbocycles. The number of ether oxygens (including phenoxy) is 7. The van der Waals surface area contributed by atoms with Gasteiger partial charge in [-0.15, -0.1) is 0 Å². The smallest absolute Gasteiger partial charge is 0.338 e. The summed E-state index contributed by atoms with van der Waals surface area (Å²) >= 11 is 0. The summed E-state index contributed by atoms with van der Waals surface area (Å²) in [6.45, 7) is 7.24. The van der Waals surface area contributed by atoms with Crippen molar-refractivity contribution < 1.29 is 87.5 Å². The Hall–Kier alpha value is -5.90. The van der Waals surface area contributed by atoms with Crippen LogP contribution in [0.2, 0.25) is 0 Å². The Morgan fingerprint density at radius 1 is 0.789 bits per heavy atom. The molecule has 4 fully saturated rings. The molecule has 2 heterocycles. The van der Waals surface area contributed by atoms with Crippen molar-refractivity contribution in [1.29, 1.82) is 0 Å². The summed E-state index contributed by atoms with van der Waals surface area (Å²) in [5, 5.41) is 60.8. The van der Waals surface area contributed by atoms with Crippen LogP contribution < -0.4 is 5.32 Å². The highest BCUT2D eigenvalue weighted by atomic mass is 16.7. The van der Waals surface area contributed by atoms with Gasteiger partial charge in [0.05, 0.1) is 42.3 Å². The Morgan fingerprint density at radius 2 is 1.39 bits per heavy atom. The lowest BCUT2D eigenvalue weighted by molar-refractivity contribution is -0.366. The second-order valence-corrected chi connectivity index (χ2v) is 19.7. The average Bonchev–Trinajstić information content (AvgIpc) is 3.34. The second-order valence-electron chi connectivity index (χ2n) is 19.7. The minimum absolute atomic E-state index is 0.0120. The van der Waals surface area contributed by atoms with E-state index in [9.17, 15) is 49.5 Å². The van der Waals surface area contributed by atoms with Gasteiger partial charge in [0.1, 0.15) is 42.2 Å². The van der Waals surface area contributed by atoms with Crippen molar-refractivity contribution in [2.75, 3.05) is 13.2 Å². The Bertz CT molecular complexity index is 2560. The van der Waals surface area contributed by atoms with Gasteiger partial charge in [-0.05, 0) is 54.8 Å². The van der Waals surface area contributed by atoms with Crippen molar-refractivity contribution in [2.45, 2.75) is 133 Å². The number of hydrogen-bond acceptors (Lipinski definition) is 18. The molecule has 5 aliphatic rings. The minimum Gasteiger partial charge on any atom is -0.456 e. The molecule has 0 aromatic heterocycles. The molecule has 71 heavy (non-hydrogen) atoms. The van der Waals surface area contributed by atoms with Crippen molar-refractivity contribution in [3.8, 4) is 0 Å². The van der Waals surface area contributed by atoms with Crippen LogP contribution in [0.3, 0.4) is 0 Å². The molecule has 19 nitrogen and oxygen atoms in total. The molecule has 2 aliphatic heterocycles. The normalized spacial score (nSPS) is 34.8. The fourth-order valence-corrected chi connectivity index (χ4v) is 11.4. The first-order valence-electron chi connectivity index (χ1n) is 23.4. The summed E-state index contributed by atoms with van der Waals surface area (Å²) in [4.78, 5) is 85.6. The van der Waals surface area contributed by atoms with E-state index in [0.29, 0.717) is 5.56 Å². The molecule has 0 unspecified atom stereocenters. The number of esters is 4. The highest BCUT2D eigenvalue weighted by Crippen LogP contribution is 2.65. The lowest BCUT2D eigenvalue weighted by atomic mass is 9.44. The molecule has 3 aliphatic carbocycles. The van der Waals surface area contributed by atoms with Crippen LogP contribution in [0.25, 0.3) is 0 Å². The largest absolute Gasteiger partial charge is 0.456 e. The van der Waals surface area contributed by atoms with Gasteiger partial charge in [-0.3, -0.25) is 19.2 Å². The third-order valence-corrected chi connectivity index (χ3v) is 15.2. The highest BCUT2D eigenvalue weighted by Gasteiger charge is 2.79. The zero-order valence-electron chi connectivity index (χ0n) is 40.0. The fourth-order valence-electron chi connectivity index (χ4n) is 11.4. The number of fused-ring (bicyclic) bond motifs is 5. The number of Topliss-reactive ketones (excluding diaryl/α,β-unsaturated/α-hetero) is 1. The zero-order chi connectivity index (χ0) is 51.4. The summed E-state index contributed by atoms with van der Waals surface area (Å²) < 4.78 is 43.1. The fraction of sp³-hybridized carbons (Fsp3) is 0.500. The van der Waals surface area contributed by atoms with E-state index in [1.807, 2.05) is 0 Å². The summed E-state index contributed by atoms with van der Waals surface area (Å²) in [5.41, 5.74) is -7.76. The SMILES string of the molecule is CC(=O)O[C@H]1C(=O)[C@]2(C)[C@@H](O[C@H]3OC[C@@H](O)[C@H](O)[C@H]3O)C[C@H]3OC[C@@]3(OC(C)=O)[C@H]2[C@H](OC(=O)c2ccccc2)[C@]2(O)C[C@H](OC(=O)[C@H](O)[C@@H](NC(=O)c3ccccc3)c3ccccc3)C(C)=C1C2(C)C. The van der Waals surface area contributed by atoms with Crippen LogP contribution in [0, 0.1) is 16.7 Å². The molecule has 2 bridgehead atoms. The molecule has 8 rings (SSSR count). The van der Waals surface area contributed by atoms with Gasteiger partial charge in [0.15, 0.2) is 29.9 Å². The maximum atomic E-state index is 16.2. The van der Waals surface area contributed by atoms with Crippen LogP contribution in [-0.2, 0) is 52.3 Å². The lowest BCUT2D eigenvalue weighted by Crippen LogP contribution is -2.82. The number of rotatable bonds is 12. The van der Waals surface area contributed by atoms with Gasteiger partial charge in [0, 0.05) is 37.7 Å². The number of benzene rings is 3. The maximum Gasteiger partial charge on any atom is 0.338 e. The molecule has 6 N–H and O–H groups in total. The number of aliphatic hydroxyl groups is 5. The van der Waals surface area contributed by atoms with E-state index in [1.54, 1.807) is 78.9 Å². The first kappa shape index (κ1) is 51.5. The van der Waals surface area contributed by atoms with Crippen LogP contribution in [0.1, 0.15) is 86.7 Å². The molecule has 3 aromatic rings. The summed E-state index contributed by atoms with van der Waals surface area (Å²) in [5.74, 6) is -7.31. The minimum atomic E-state index is -2.51. The molecule has 380 valence electrons. The van der Waals surface area contributed by atoms with E-state index in [2.05, 4.69) is 5.32 Å². The second kappa shape index (κ2) is 19.6. The molecule has 0 radical (unpaired) electrons. The summed E-state index contributed by atoms with van der Waals surface area (Å²) in [6.07, 6.45) is -17.9. The van der Waals surface area contributed by atoms with E-state index in [-0.39, 0.29) is 28.7 Å². The number of carbonyl (C=O) groups is 6. The van der Waals surface area contributed by atoms with Gasteiger partial charge in [0.25, 0.3) is 5.91 Å². The highest BCUT2D eigenvalue weighted by molar-refractivity contribution is 5.96. The van der Waals surface area contributed by atoms with E-state index in [1.165, 1.54) is 39.8 Å². The first-order chi connectivity index (χ1) is 33.6. The molecular weight excluding hydrogens is 927 g/mol.